The Morgan fingerprint density at radius 1 is 1.60 bits per heavy atom. The Hall–Kier alpha value is -1.62. The normalized spacial score (nSPS) is 10.3. The lowest BCUT2D eigenvalue weighted by atomic mass is 10.3. The molecule has 5 heteroatoms. The average Bonchev–Trinajstić information content (AvgIpc) is 2.15. The van der Waals surface area contributed by atoms with Crippen LogP contribution in [-0.4, -0.2) is 36.4 Å². The third kappa shape index (κ3) is 4.42. The predicted molar refractivity (Wildman–Crippen MR) is 60.5 cm³/mol. The van der Waals surface area contributed by atoms with Gasteiger partial charge in [-0.25, -0.2) is 4.98 Å². The van der Waals surface area contributed by atoms with Gasteiger partial charge in [0, 0.05) is 30.9 Å². The molecule has 0 saturated carbocycles. The maximum Gasteiger partial charge on any atom is 0.226 e. The Balaban J connectivity index is 2.44. The number of carbonyl (C=O) groups is 1. The van der Waals surface area contributed by atoms with E-state index in [0.29, 0.717) is 24.5 Å². The summed E-state index contributed by atoms with van der Waals surface area (Å²) in [5.74, 6) is 0.445. The first-order chi connectivity index (χ1) is 7.08. The molecule has 0 aliphatic heterocycles. The highest BCUT2D eigenvalue weighted by Gasteiger charge is 2.03. The van der Waals surface area contributed by atoms with Crippen molar-refractivity contribution >= 4 is 17.4 Å². The number of nitrogens with zero attached hydrogens (tertiary/aromatic N) is 2. The van der Waals surface area contributed by atoms with E-state index in [1.165, 1.54) is 0 Å². The fourth-order valence-electron chi connectivity index (χ4n) is 1.05. The summed E-state index contributed by atoms with van der Waals surface area (Å²) in [5, 5.41) is 2.68. The van der Waals surface area contributed by atoms with E-state index < -0.39 is 0 Å². The topological polar surface area (TPSA) is 71.2 Å². The van der Waals surface area contributed by atoms with Crippen molar-refractivity contribution < 1.29 is 4.79 Å². The summed E-state index contributed by atoms with van der Waals surface area (Å²) in [7, 11) is 3.85. The lowest BCUT2D eigenvalue weighted by molar-refractivity contribution is -0.116. The van der Waals surface area contributed by atoms with Crippen LogP contribution in [0.15, 0.2) is 18.3 Å². The number of aromatic nitrogens is 1. The first-order valence-corrected chi connectivity index (χ1v) is 4.74. The molecule has 1 amide bonds. The zero-order valence-corrected chi connectivity index (χ0v) is 9.03. The minimum atomic E-state index is -0.0539. The van der Waals surface area contributed by atoms with Gasteiger partial charge in [-0.3, -0.25) is 4.79 Å². The van der Waals surface area contributed by atoms with Crippen LogP contribution in [0.5, 0.6) is 0 Å². The van der Waals surface area contributed by atoms with E-state index in [0.717, 1.165) is 0 Å². The molecule has 0 bridgehead atoms. The van der Waals surface area contributed by atoms with Gasteiger partial charge < -0.3 is 16.0 Å². The maximum atomic E-state index is 11.4. The van der Waals surface area contributed by atoms with Crippen LogP contribution in [-0.2, 0) is 4.79 Å². The molecule has 3 N–H and O–H groups in total. The molecule has 5 nitrogen and oxygen atoms in total. The predicted octanol–water partition coefficient (Wildman–Crippen LogP) is 0.554. The van der Waals surface area contributed by atoms with Gasteiger partial charge in [0.05, 0.1) is 0 Å². The SMILES string of the molecule is CN(C)CCC(=O)Nc1cc(N)ccn1. The molecule has 0 saturated heterocycles. The molecule has 0 aliphatic rings. The summed E-state index contributed by atoms with van der Waals surface area (Å²) in [5.41, 5.74) is 6.15. The van der Waals surface area contributed by atoms with Crippen LogP contribution in [0.3, 0.4) is 0 Å². The molecule has 0 aliphatic carbocycles. The van der Waals surface area contributed by atoms with Crippen molar-refractivity contribution in [2.75, 3.05) is 31.7 Å². The molecule has 15 heavy (non-hydrogen) atoms. The quantitative estimate of drug-likeness (QED) is 0.758. The van der Waals surface area contributed by atoms with E-state index in [1.807, 2.05) is 19.0 Å². The van der Waals surface area contributed by atoms with Gasteiger partial charge in [-0.1, -0.05) is 0 Å². The van der Waals surface area contributed by atoms with Crippen molar-refractivity contribution in [3.8, 4) is 0 Å². The second kappa shape index (κ2) is 5.31. The highest BCUT2D eigenvalue weighted by atomic mass is 16.1. The molecule has 0 unspecified atom stereocenters. The van der Waals surface area contributed by atoms with E-state index in [-0.39, 0.29) is 5.91 Å². The van der Waals surface area contributed by atoms with E-state index in [4.69, 9.17) is 5.73 Å². The van der Waals surface area contributed by atoms with E-state index >= 15 is 0 Å². The number of carbonyl (C=O) groups excluding carboxylic acids is 1. The number of nitrogens with one attached hydrogen (secondary N) is 1. The zero-order chi connectivity index (χ0) is 11.3. The number of hydrogen-bond donors (Lipinski definition) is 2. The Kier molecular flexibility index (Phi) is 4.05. The van der Waals surface area contributed by atoms with Gasteiger partial charge in [0.1, 0.15) is 5.82 Å². The van der Waals surface area contributed by atoms with Gasteiger partial charge in [0.15, 0.2) is 0 Å². The van der Waals surface area contributed by atoms with E-state index in [2.05, 4.69) is 10.3 Å². The molecule has 1 rings (SSSR count). The molecule has 1 aromatic rings. The molecule has 1 heterocycles. The number of nitrogen functional groups attached to an aromatic ring is 1. The molecule has 0 spiro atoms. The van der Waals surface area contributed by atoms with Gasteiger partial charge in [-0.2, -0.15) is 0 Å². The first-order valence-electron chi connectivity index (χ1n) is 4.74. The van der Waals surface area contributed by atoms with Crippen molar-refractivity contribution in [1.82, 2.24) is 9.88 Å². The summed E-state index contributed by atoms with van der Waals surface area (Å²) in [6.07, 6.45) is 2.01. The molecule has 0 fully saturated rings. The second-order valence-corrected chi connectivity index (χ2v) is 3.58. The molecule has 0 radical (unpaired) electrons. The molecule has 0 atom stereocenters. The second-order valence-electron chi connectivity index (χ2n) is 3.58. The van der Waals surface area contributed by atoms with Gasteiger partial charge in [0.2, 0.25) is 5.91 Å². The number of nitrogens with two attached hydrogens (primary N) is 1. The summed E-state index contributed by atoms with van der Waals surface area (Å²) < 4.78 is 0. The molecular formula is C10H16N4O. The standard InChI is InChI=1S/C10H16N4O/c1-14(2)6-4-10(15)13-9-7-8(11)3-5-12-9/h3,5,7H,4,6H2,1-2H3,(H3,11,12,13,15). The van der Waals surface area contributed by atoms with Crippen LogP contribution < -0.4 is 11.1 Å². The summed E-state index contributed by atoms with van der Waals surface area (Å²) in [6.45, 7) is 0.716. The fraction of sp³-hybridized carbons (Fsp3) is 0.400. The van der Waals surface area contributed by atoms with Crippen molar-refractivity contribution in [3.63, 3.8) is 0 Å². The third-order valence-corrected chi connectivity index (χ3v) is 1.84. The number of amides is 1. The van der Waals surface area contributed by atoms with E-state index in [9.17, 15) is 4.79 Å². The number of hydrogen-bond acceptors (Lipinski definition) is 4. The van der Waals surface area contributed by atoms with E-state index in [1.54, 1.807) is 18.3 Å². The van der Waals surface area contributed by atoms with Crippen LogP contribution in [0.2, 0.25) is 0 Å². The lowest BCUT2D eigenvalue weighted by Crippen LogP contribution is -2.21. The first kappa shape index (κ1) is 11.5. The highest BCUT2D eigenvalue weighted by Crippen LogP contribution is 2.07. The number of rotatable bonds is 4. The molecule has 0 aromatic carbocycles. The van der Waals surface area contributed by atoms with Crippen molar-refractivity contribution in [2.24, 2.45) is 0 Å². The van der Waals surface area contributed by atoms with Crippen LogP contribution in [0, 0.1) is 0 Å². The lowest BCUT2D eigenvalue weighted by Gasteiger charge is -2.09. The Morgan fingerprint density at radius 3 is 2.93 bits per heavy atom. The minimum Gasteiger partial charge on any atom is -0.399 e. The van der Waals surface area contributed by atoms with Crippen LogP contribution in [0.25, 0.3) is 0 Å². The smallest absolute Gasteiger partial charge is 0.226 e. The fourth-order valence-corrected chi connectivity index (χ4v) is 1.05. The highest BCUT2D eigenvalue weighted by molar-refractivity contribution is 5.90. The Morgan fingerprint density at radius 2 is 2.33 bits per heavy atom. The van der Waals surface area contributed by atoms with Crippen LogP contribution in [0.1, 0.15) is 6.42 Å². The third-order valence-electron chi connectivity index (χ3n) is 1.84. The molecular weight excluding hydrogens is 192 g/mol. The van der Waals surface area contributed by atoms with Gasteiger partial charge >= 0.3 is 0 Å². The monoisotopic (exact) mass is 208 g/mol. The summed E-state index contributed by atoms with van der Waals surface area (Å²) in [6, 6.07) is 3.31. The maximum absolute atomic E-state index is 11.4. The Bertz CT molecular complexity index is 338. The summed E-state index contributed by atoms with van der Waals surface area (Å²) in [4.78, 5) is 17.3. The van der Waals surface area contributed by atoms with Crippen molar-refractivity contribution in [2.45, 2.75) is 6.42 Å². The Labute approximate surface area is 89.3 Å². The van der Waals surface area contributed by atoms with Crippen LogP contribution >= 0.6 is 0 Å². The summed E-state index contributed by atoms with van der Waals surface area (Å²) >= 11 is 0. The van der Waals surface area contributed by atoms with Gasteiger partial charge in [0.25, 0.3) is 0 Å². The largest absolute Gasteiger partial charge is 0.399 e. The van der Waals surface area contributed by atoms with Crippen molar-refractivity contribution in [1.29, 1.82) is 0 Å². The number of pyridine rings is 1. The minimum absolute atomic E-state index is 0.0539. The average molecular weight is 208 g/mol. The zero-order valence-electron chi connectivity index (χ0n) is 9.03. The molecule has 82 valence electrons. The van der Waals surface area contributed by atoms with Gasteiger partial charge in [-0.05, 0) is 20.2 Å². The van der Waals surface area contributed by atoms with Gasteiger partial charge in [-0.15, -0.1) is 0 Å². The number of anilines is 2. The van der Waals surface area contributed by atoms with Crippen molar-refractivity contribution in [3.05, 3.63) is 18.3 Å². The van der Waals surface area contributed by atoms with Crippen LogP contribution in [0.4, 0.5) is 11.5 Å². The molecule has 1 aromatic heterocycles.